The second kappa shape index (κ2) is 9.50. The number of nitrogens with one attached hydrogen (secondary N) is 1. The van der Waals surface area contributed by atoms with Crippen molar-refractivity contribution in [1.82, 2.24) is 9.78 Å². The van der Waals surface area contributed by atoms with E-state index in [1.165, 1.54) is 11.6 Å². The zero-order chi connectivity index (χ0) is 18.1. The van der Waals surface area contributed by atoms with Gasteiger partial charge in [0.15, 0.2) is 0 Å². The molecule has 0 spiro atoms. The van der Waals surface area contributed by atoms with Crippen LogP contribution in [-0.4, -0.2) is 28.3 Å². The molecule has 0 saturated heterocycles. The van der Waals surface area contributed by atoms with Crippen molar-refractivity contribution < 1.29 is 14.3 Å². The number of carbonyl (C=O) groups excluding carboxylic acids is 2. The lowest BCUT2D eigenvalue weighted by molar-refractivity contribution is -0.144. The number of aromatic nitrogens is 2. The molecule has 0 bridgehead atoms. The maximum Gasteiger partial charge on any atom is 0.327 e. The highest BCUT2D eigenvalue weighted by Crippen LogP contribution is 2.28. The fraction of sp³-hybridized carbons (Fsp3) is 0.389. The number of carbonyl (C=O) groups is 2. The molecule has 1 amide bonds. The lowest BCUT2D eigenvalue weighted by Crippen LogP contribution is -2.18. The number of ether oxygens (including phenoxy) is 1. The molecule has 130 valence electrons. The quantitative estimate of drug-likeness (QED) is 0.852. The first-order chi connectivity index (χ1) is 11.5. The van der Waals surface area contributed by atoms with Gasteiger partial charge in [-0.1, -0.05) is 44.2 Å². The lowest BCUT2D eigenvalue weighted by Gasteiger charge is -2.07. The Hall–Kier alpha value is -2.63. The molecule has 0 radical (unpaired) electrons. The van der Waals surface area contributed by atoms with E-state index in [1.807, 2.05) is 51.1 Å². The highest BCUT2D eigenvalue weighted by Gasteiger charge is 2.18. The summed E-state index contributed by atoms with van der Waals surface area (Å²) in [5.41, 5.74) is 2.47. The van der Waals surface area contributed by atoms with E-state index >= 15 is 0 Å². The molecule has 0 unspecified atom stereocenters. The van der Waals surface area contributed by atoms with E-state index in [9.17, 15) is 9.59 Å². The van der Waals surface area contributed by atoms with Crippen LogP contribution in [0.2, 0.25) is 0 Å². The van der Waals surface area contributed by atoms with Crippen LogP contribution in [0.25, 0.3) is 11.3 Å². The second-order valence-electron chi connectivity index (χ2n) is 4.83. The third-order valence-corrected chi connectivity index (χ3v) is 3.12. The summed E-state index contributed by atoms with van der Waals surface area (Å²) in [5.74, 6) is -0.0941. The number of amides is 1. The number of rotatable bonds is 5. The van der Waals surface area contributed by atoms with Crippen LogP contribution in [0.15, 0.2) is 30.3 Å². The minimum absolute atomic E-state index is 0.0445. The second-order valence-corrected chi connectivity index (χ2v) is 4.83. The molecule has 1 aromatic carbocycles. The molecule has 0 aliphatic rings. The predicted molar refractivity (Wildman–Crippen MR) is 94.7 cm³/mol. The topological polar surface area (TPSA) is 73.2 Å². The average Bonchev–Trinajstić information content (AvgIpc) is 2.86. The minimum Gasteiger partial charge on any atom is -0.465 e. The molecule has 24 heavy (non-hydrogen) atoms. The SMILES string of the molecule is CC.CCOC(=O)Cn1nc(-c2ccccc2)c(C)c1NC(C)=O. The third kappa shape index (κ3) is 4.94. The molecule has 2 rings (SSSR count). The average molecular weight is 331 g/mol. The van der Waals surface area contributed by atoms with Gasteiger partial charge in [0, 0.05) is 18.1 Å². The Labute approximate surface area is 142 Å². The highest BCUT2D eigenvalue weighted by molar-refractivity contribution is 5.90. The van der Waals surface area contributed by atoms with Crippen LogP contribution in [0.5, 0.6) is 0 Å². The van der Waals surface area contributed by atoms with Crippen molar-refractivity contribution in [2.24, 2.45) is 0 Å². The molecule has 0 aliphatic carbocycles. The van der Waals surface area contributed by atoms with Crippen molar-refractivity contribution in [2.75, 3.05) is 11.9 Å². The van der Waals surface area contributed by atoms with E-state index in [1.54, 1.807) is 6.92 Å². The molecule has 6 heteroatoms. The summed E-state index contributed by atoms with van der Waals surface area (Å²) < 4.78 is 6.42. The van der Waals surface area contributed by atoms with Crippen LogP contribution in [0, 0.1) is 6.92 Å². The Balaban J connectivity index is 0.00000139. The molecular weight excluding hydrogens is 306 g/mol. The smallest absolute Gasteiger partial charge is 0.327 e. The van der Waals surface area contributed by atoms with Crippen LogP contribution < -0.4 is 5.32 Å². The van der Waals surface area contributed by atoms with Gasteiger partial charge in [0.1, 0.15) is 12.4 Å². The van der Waals surface area contributed by atoms with E-state index in [0.29, 0.717) is 12.4 Å². The molecule has 2 aromatic rings. The van der Waals surface area contributed by atoms with Gasteiger partial charge in [-0.15, -0.1) is 0 Å². The van der Waals surface area contributed by atoms with Gasteiger partial charge in [0.25, 0.3) is 0 Å². The van der Waals surface area contributed by atoms with E-state index in [0.717, 1.165) is 16.8 Å². The third-order valence-electron chi connectivity index (χ3n) is 3.12. The molecule has 1 aromatic heterocycles. The Morgan fingerprint density at radius 3 is 2.38 bits per heavy atom. The number of anilines is 1. The van der Waals surface area contributed by atoms with Crippen LogP contribution in [-0.2, 0) is 20.9 Å². The van der Waals surface area contributed by atoms with Gasteiger partial charge in [0.2, 0.25) is 5.91 Å². The molecule has 6 nitrogen and oxygen atoms in total. The van der Waals surface area contributed by atoms with E-state index < -0.39 is 5.97 Å². The van der Waals surface area contributed by atoms with Crippen LogP contribution in [0.1, 0.15) is 33.3 Å². The van der Waals surface area contributed by atoms with Crippen LogP contribution >= 0.6 is 0 Å². The first kappa shape index (κ1) is 19.4. The summed E-state index contributed by atoms with van der Waals surface area (Å²) in [6.07, 6.45) is 0. The maximum atomic E-state index is 11.7. The zero-order valence-corrected chi connectivity index (χ0v) is 14.9. The Bertz CT molecular complexity index is 678. The molecule has 0 saturated carbocycles. The Kier molecular flexibility index (Phi) is 7.68. The van der Waals surface area contributed by atoms with Crippen molar-refractivity contribution in [3.05, 3.63) is 35.9 Å². The van der Waals surface area contributed by atoms with Gasteiger partial charge in [-0.05, 0) is 13.8 Å². The predicted octanol–water partition coefficient (Wildman–Crippen LogP) is 3.41. The van der Waals surface area contributed by atoms with Crippen molar-refractivity contribution in [3.8, 4) is 11.3 Å². The first-order valence-electron chi connectivity index (χ1n) is 8.09. The van der Waals surface area contributed by atoms with Gasteiger partial charge in [-0.3, -0.25) is 9.59 Å². The number of hydrogen-bond acceptors (Lipinski definition) is 4. The summed E-state index contributed by atoms with van der Waals surface area (Å²) in [7, 11) is 0. The standard InChI is InChI=1S/C16H19N3O3.C2H6/c1-4-22-14(21)10-19-16(17-12(3)20)11(2)15(18-19)13-8-6-5-7-9-13;1-2/h5-9H,4,10H2,1-3H3,(H,17,20);1-2H3. The van der Waals surface area contributed by atoms with Crippen molar-refractivity contribution in [2.45, 2.75) is 41.2 Å². The van der Waals surface area contributed by atoms with Gasteiger partial charge >= 0.3 is 5.97 Å². The maximum absolute atomic E-state index is 11.7. The van der Waals surface area contributed by atoms with Crippen molar-refractivity contribution in [1.29, 1.82) is 0 Å². The van der Waals surface area contributed by atoms with Gasteiger partial charge < -0.3 is 10.1 Å². The normalized spacial score (nSPS) is 9.71. The van der Waals surface area contributed by atoms with Gasteiger partial charge in [-0.25, -0.2) is 4.68 Å². The van der Waals surface area contributed by atoms with Crippen molar-refractivity contribution >= 4 is 17.7 Å². The summed E-state index contributed by atoms with van der Waals surface area (Å²) in [4.78, 5) is 23.1. The largest absolute Gasteiger partial charge is 0.465 e. The first-order valence-corrected chi connectivity index (χ1v) is 8.09. The Morgan fingerprint density at radius 2 is 1.83 bits per heavy atom. The monoisotopic (exact) mass is 331 g/mol. The van der Waals surface area contributed by atoms with Crippen LogP contribution in [0.3, 0.4) is 0 Å². The fourth-order valence-electron chi connectivity index (χ4n) is 2.19. The van der Waals surface area contributed by atoms with E-state index in [-0.39, 0.29) is 12.5 Å². The summed E-state index contributed by atoms with van der Waals surface area (Å²) in [6.45, 7) is 9.29. The molecule has 1 N–H and O–H groups in total. The van der Waals surface area contributed by atoms with Gasteiger partial charge in [-0.2, -0.15) is 5.10 Å². The summed E-state index contributed by atoms with van der Waals surface area (Å²) in [5, 5.41) is 7.19. The van der Waals surface area contributed by atoms with Crippen LogP contribution in [0.4, 0.5) is 5.82 Å². The molecular formula is C18H25N3O3. The fourth-order valence-corrected chi connectivity index (χ4v) is 2.19. The lowest BCUT2D eigenvalue weighted by atomic mass is 10.1. The Morgan fingerprint density at radius 1 is 1.21 bits per heavy atom. The zero-order valence-electron chi connectivity index (χ0n) is 14.9. The molecule has 1 heterocycles. The molecule has 0 atom stereocenters. The minimum atomic E-state index is -0.392. The summed E-state index contributed by atoms with van der Waals surface area (Å²) >= 11 is 0. The highest BCUT2D eigenvalue weighted by atomic mass is 16.5. The number of esters is 1. The van der Waals surface area contributed by atoms with E-state index in [2.05, 4.69) is 10.4 Å². The molecule has 0 fully saturated rings. The van der Waals surface area contributed by atoms with Gasteiger partial charge in [0.05, 0.1) is 12.3 Å². The number of nitrogens with zero attached hydrogens (tertiary/aromatic N) is 2. The van der Waals surface area contributed by atoms with E-state index in [4.69, 9.17) is 4.74 Å². The number of benzene rings is 1. The number of hydrogen-bond donors (Lipinski definition) is 1. The molecule has 0 aliphatic heterocycles. The summed E-state index contributed by atoms with van der Waals surface area (Å²) in [6, 6.07) is 9.61. The van der Waals surface area contributed by atoms with Crippen molar-refractivity contribution in [3.63, 3.8) is 0 Å².